The number of benzene rings is 1. The summed E-state index contributed by atoms with van der Waals surface area (Å²) in [4.78, 5) is 0. The lowest BCUT2D eigenvalue weighted by Gasteiger charge is -2.18. The highest BCUT2D eigenvalue weighted by molar-refractivity contribution is 5.30. The molecule has 1 aromatic rings. The molecule has 0 aliphatic carbocycles. The lowest BCUT2D eigenvalue weighted by atomic mass is 9.97. The molecule has 0 radical (unpaired) electrons. The second-order valence-corrected chi connectivity index (χ2v) is 3.39. The number of hydrogen-bond donors (Lipinski definition) is 2. The van der Waals surface area contributed by atoms with Gasteiger partial charge in [0, 0.05) is 12.1 Å². The molecule has 0 aromatic heterocycles. The van der Waals surface area contributed by atoms with Crippen LogP contribution in [0.3, 0.4) is 0 Å². The number of halogens is 1. The molecule has 0 heterocycles. The summed E-state index contributed by atoms with van der Waals surface area (Å²) in [5.41, 5.74) is 13.2. The smallest absolute Gasteiger partial charge is 0.123 e. The van der Waals surface area contributed by atoms with Crippen molar-refractivity contribution in [1.29, 1.82) is 0 Å². The van der Waals surface area contributed by atoms with Gasteiger partial charge < -0.3 is 11.5 Å². The average Bonchev–Trinajstić information content (AvgIpc) is 2.08. The van der Waals surface area contributed by atoms with Crippen LogP contribution in [0.25, 0.3) is 0 Å². The third kappa shape index (κ3) is 2.26. The van der Waals surface area contributed by atoms with Crippen LogP contribution in [0.15, 0.2) is 18.2 Å². The highest BCUT2D eigenvalue weighted by atomic mass is 19.1. The van der Waals surface area contributed by atoms with Crippen LogP contribution in [0.5, 0.6) is 0 Å². The van der Waals surface area contributed by atoms with Crippen LogP contribution in [-0.4, -0.2) is 6.04 Å². The van der Waals surface area contributed by atoms with E-state index < -0.39 is 0 Å². The van der Waals surface area contributed by atoms with Crippen LogP contribution in [0, 0.1) is 12.7 Å². The molecule has 2 atom stereocenters. The number of hydrogen-bond acceptors (Lipinski definition) is 2. The largest absolute Gasteiger partial charge is 0.326 e. The Bertz CT molecular complexity index is 297. The standard InChI is InChI=1S/C10H15FN2/c1-6-3-4-8(11)5-9(6)10(13)7(2)12/h3-5,7,10H,12-13H2,1-2H3/t7-,10+/m0/s1. The molecule has 0 aliphatic heterocycles. The summed E-state index contributed by atoms with van der Waals surface area (Å²) >= 11 is 0. The predicted octanol–water partition coefficient (Wildman–Crippen LogP) is 1.48. The number of nitrogens with two attached hydrogens (primary N) is 2. The summed E-state index contributed by atoms with van der Waals surface area (Å²) < 4.78 is 12.9. The molecule has 72 valence electrons. The molecule has 0 saturated heterocycles. The van der Waals surface area contributed by atoms with E-state index in [-0.39, 0.29) is 17.9 Å². The van der Waals surface area contributed by atoms with Gasteiger partial charge in [-0.1, -0.05) is 6.07 Å². The lowest BCUT2D eigenvalue weighted by Crippen LogP contribution is -2.31. The average molecular weight is 182 g/mol. The molecule has 3 heteroatoms. The zero-order valence-electron chi connectivity index (χ0n) is 7.92. The molecule has 13 heavy (non-hydrogen) atoms. The molecule has 0 amide bonds. The summed E-state index contributed by atoms with van der Waals surface area (Å²) in [5.74, 6) is -0.267. The predicted molar refractivity (Wildman–Crippen MR) is 51.7 cm³/mol. The lowest BCUT2D eigenvalue weighted by molar-refractivity contribution is 0.573. The van der Waals surface area contributed by atoms with Gasteiger partial charge >= 0.3 is 0 Å². The number of aryl methyl sites for hydroxylation is 1. The van der Waals surface area contributed by atoms with E-state index in [1.807, 2.05) is 13.8 Å². The Morgan fingerprint density at radius 3 is 2.46 bits per heavy atom. The quantitative estimate of drug-likeness (QED) is 0.728. The second-order valence-electron chi connectivity index (χ2n) is 3.39. The first-order valence-electron chi connectivity index (χ1n) is 4.29. The van der Waals surface area contributed by atoms with Crippen molar-refractivity contribution in [3.8, 4) is 0 Å². The Hall–Kier alpha value is -0.930. The fourth-order valence-corrected chi connectivity index (χ4v) is 1.25. The van der Waals surface area contributed by atoms with Gasteiger partial charge in [0.1, 0.15) is 5.82 Å². The summed E-state index contributed by atoms with van der Waals surface area (Å²) in [6, 6.07) is 4.12. The van der Waals surface area contributed by atoms with Gasteiger partial charge in [-0.25, -0.2) is 4.39 Å². The first-order valence-corrected chi connectivity index (χ1v) is 4.29. The van der Waals surface area contributed by atoms with Crippen molar-refractivity contribution in [2.24, 2.45) is 11.5 Å². The molecule has 4 N–H and O–H groups in total. The molecule has 1 rings (SSSR count). The SMILES string of the molecule is Cc1ccc(F)cc1[C@H](N)[C@H](C)N. The number of rotatable bonds is 2. The Balaban J connectivity index is 3.05. The highest BCUT2D eigenvalue weighted by Gasteiger charge is 2.13. The van der Waals surface area contributed by atoms with E-state index in [4.69, 9.17) is 11.5 Å². The van der Waals surface area contributed by atoms with E-state index >= 15 is 0 Å². The molecule has 0 unspecified atom stereocenters. The fourth-order valence-electron chi connectivity index (χ4n) is 1.25. The van der Waals surface area contributed by atoms with Crippen molar-refractivity contribution in [1.82, 2.24) is 0 Å². The zero-order valence-corrected chi connectivity index (χ0v) is 7.92. The van der Waals surface area contributed by atoms with Crippen molar-refractivity contribution in [3.05, 3.63) is 35.1 Å². The maximum atomic E-state index is 12.9. The Morgan fingerprint density at radius 2 is 1.92 bits per heavy atom. The molecule has 0 aliphatic rings. The minimum absolute atomic E-state index is 0.166. The highest BCUT2D eigenvalue weighted by Crippen LogP contribution is 2.18. The van der Waals surface area contributed by atoms with Gasteiger partial charge in [-0.2, -0.15) is 0 Å². The van der Waals surface area contributed by atoms with Gasteiger partial charge in [0.2, 0.25) is 0 Å². The van der Waals surface area contributed by atoms with Crippen molar-refractivity contribution >= 4 is 0 Å². The summed E-state index contributed by atoms with van der Waals surface area (Å²) in [5, 5.41) is 0. The molecule has 2 nitrogen and oxygen atoms in total. The van der Waals surface area contributed by atoms with Crippen LogP contribution in [0.4, 0.5) is 4.39 Å². The van der Waals surface area contributed by atoms with Crippen molar-refractivity contribution in [2.45, 2.75) is 25.9 Å². The second kappa shape index (κ2) is 3.85. The molecular weight excluding hydrogens is 167 g/mol. The van der Waals surface area contributed by atoms with Crippen LogP contribution in [0.2, 0.25) is 0 Å². The first-order chi connectivity index (χ1) is 6.02. The third-order valence-electron chi connectivity index (χ3n) is 2.17. The van der Waals surface area contributed by atoms with Gasteiger partial charge in [0.25, 0.3) is 0 Å². The third-order valence-corrected chi connectivity index (χ3v) is 2.17. The first kappa shape index (κ1) is 10.2. The van der Waals surface area contributed by atoms with Gasteiger partial charge in [0.15, 0.2) is 0 Å². The van der Waals surface area contributed by atoms with Gasteiger partial charge in [-0.05, 0) is 37.1 Å². The van der Waals surface area contributed by atoms with Crippen LogP contribution in [-0.2, 0) is 0 Å². The van der Waals surface area contributed by atoms with Gasteiger partial charge in [-0.15, -0.1) is 0 Å². The fraction of sp³-hybridized carbons (Fsp3) is 0.400. The van der Waals surface area contributed by atoms with Crippen LogP contribution in [0.1, 0.15) is 24.1 Å². The van der Waals surface area contributed by atoms with Gasteiger partial charge in [0.05, 0.1) is 0 Å². The van der Waals surface area contributed by atoms with E-state index in [1.165, 1.54) is 12.1 Å². The minimum Gasteiger partial charge on any atom is -0.326 e. The molecule has 0 fully saturated rings. The zero-order chi connectivity index (χ0) is 10.0. The van der Waals surface area contributed by atoms with Crippen molar-refractivity contribution < 1.29 is 4.39 Å². The van der Waals surface area contributed by atoms with E-state index in [1.54, 1.807) is 6.07 Å². The maximum absolute atomic E-state index is 12.9. The summed E-state index contributed by atoms with van der Waals surface area (Å²) in [7, 11) is 0. The Labute approximate surface area is 77.7 Å². The van der Waals surface area contributed by atoms with E-state index in [2.05, 4.69) is 0 Å². The summed E-state index contributed by atoms with van der Waals surface area (Å²) in [6.45, 7) is 3.71. The molecule has 0 bridgehead atoms. The van der Waals surface area contributed by atoms with E-state index in [0.717, 1.165) is 11.1 Å². The van der Waals surface area contributed by atoms with E-state index in [9.17, 15) is 4.39 Å². The molecule has 1 aromatic carbocycles. The molecule has 0 saturated carbocycles. The van der Waals surface area contributed by atoms with Crippen molar-refractivity contribution in [3.63, 3.8) is 0 Å². The Morgan fingerprint density at radius 1 is 1.31 bits per heavy atom. The minimum atomic E-state index is -0.296. The topological polar surface area (TPSA) is 52.0 Å². The van der Waals surface area contributed by atoms with E-state index in [0.29, 0.717) is 0 Å². The maximum Gasteiger partial charge on any atom is 0.123 e. The monoisotopic (exact) mass is 182 g/mol. The van der Waals surface area contributed by atoms with Gasteiger partial charge in [-0.3, -0.25) is 0 Å². The molecule has 0 spiro atoms. The van der Waals surface area contributed by atoms with Crippen LogP contribution >= 0.6 is 0 Å². The Kier molecular flexibility index (Phi) is 3.01. The normalized spacial score (nSPS) is 15.5. The van der Waals surface area contributed by atoms with Crippen LogP contribution < -0.4 is 11.5 Å². The van der Waals surface area contributed by atoms with Crippen molar-refractivity contribution in [2.75, 3.05) is 0 Å². The summed E-state index contributed by atoms with van der Waals surface area (Å²) in [6.07, 6.45) is 0. The molecular formula is C10H15FN2.